The van der Waals surface area contributed by atoms with E-state index in [-0.39, 0.29) is 5.91 Å². The molecular weight excluding hydrogens is 318 g/mol. The lowest BCUT2D eigenvalue weighted by molar-refractivity contribution is -0.137. The van der Waals surface area contributed by atoms with Crippen LogP contribution >= 0.6 is 0 Å². The molecule has 1 aliphatic rings. The average molecular weight is 341 g/mol. The molecule has 0 saturated carbocycles. The third-order valence-electron chi connectivity index (χ3n) is 5.07. The van der Waals surface area contributed by atoms with Gasteiger partial charge < -0.3 is 15.2 Å². The van der Waals surface area contributed by atoms with E-state index in [0.717, 1.165) is 33.7 Å². The third-order valence-corrected chi connectivity index (χ3v) is 5.07. The molecule has 2 aromatic rings. The smallest absolute Gasteiger partial charge is 0.264 e. The van der Waals surface area contributed by atoms with Crippen molar-refractivity contribution >= 4 is 5.91 Å². The molecule has 0 fully saturated rings. The molecule has 0 radical (unpaired) electrons. The van der Waals surface area contributed by atoms with Gasteiger partial charge in [0.25, 0.3) is 5.91 Å². The number of ether oxygens (including phenoxy) is 1. The van der Waals surface area contributed by atoms with E-state index in [4.69, 9.17) is 4.74 Å². The maximum atomic E-state index is 12.7. The number of fused-ring (bicyclic) bond motifs is 1. The highest BCUT2D eigenvalue weighted by molar-refractivity contribution is 5.85. The number of benzene rings is 1. The van der Waals surface area contributed by atoms with E-state index in [0.29, 0.717) is 25.1 Å². The van der Waals surface area contributed by atoms with Crippen LogP contribution in [-0.4, -0.2) is 26.6 Å². The van der Waals surface area contributed by atoms with Gasteiger partial charge in [0, 0.05) is 18.2 Å². The number of amides is 1. The molecule has 6 nitrogen and oxygen atoms in total. The Morgan fingerprint density at radius 2 is 2.08 bits per heavy atom. The predicted octanol–water partition coefficient (Wildman–Crippen LogP) is 2.51. The molecule has 2 N–H and O–H groups in total. The molecule has 3 rings (SSSR count). The van der Waals surface area contributed by atoms with Gasteiger partial charge in [-0.05, 0) is 56.9 Å². The fourth-order valence-corrected chi connectivity index (χ4v) is 3.19. The van der Waals surface area contributed by atoms with Crippen LogP contribution in [0.4, 0.5) is 0 Å². The minimum absolute atomic E-state index is 0.167. The first-order valence-electron chi connectivity index (χ1n) is 8.37. The Hall–Kier alpha value is -2.63. The highest BCUT2D eigenvalue weighted by atomic mass is 16.5. The van der Waals surface area contributed by atoms with E-state index in [1.165, 1.54) is 6.33 Å². The minimum atomic E-state index is -0.944. The van der Waals surface area contributed by atoms with Gasteiger partial charge in [0.05, 0.1) is 12.2 Å². The summed E-state index contributed by atoms with van der Waals surface area (Å²) in [6, 6.07) is 1.76. The summed E-state index contributed by atoms with van der Waals surface area (Å²) in [6.07, 6.45) is 4.34. The second-order valence-corrected chi connectivity index (χ2v) is 6.75. The lowest BCUT2D eigenvalue weighted by Gasteiger charge is -2.36. The second-order valence-electron chi connectivity index (χ2n) is 6.75. The summed E-state index contributed by atoms with van der Waals surface area (Å²) in [6.45, 7) is 7.81. The SMILES string of the molecule is Cc1c(C)c2c(c(C)c1O)CC[C@](C)(C(=O)NCc1ccncn1)O2. The van der Waals surface area contributed by atoms with Gasteiger partial charge in [-0.3, -0.25) is 4.79 Å². The molecule has 1 amide bonds. The van der Waals surface area contributed by atoms with Crippen LogP contribution in [-0.2, 0) is 17.8 Å². The normalized spacial score (nSPS) is 19.0. The summed E-state index contributed by atoms with van der Waals surface area (Å²) < 4.78 is 6.16. The molecule has 1 atom stereocenters. The fraction of sp³-hybridized carbons (Fsp3) is 0.421. The van der Waals surface area contributed by atoms with Gasteiger partial charge in [-0.25, -0.2) is 9.97 Å². The van der Waals surface area contributed by atoms with Crippen molar-refractivity contribution in [2.75, 3.05) is 0 Å². The summed E-state index contributed by atoms with van der Waals surface area (Å²) in [5.41, 5.74) is 3.30. The molecule has 0 saturated heterocycles. The van der Waals surface area contributed by atoms with E-state index in [2.05, 4.69) is 15.3 Å². The molecular formula is C19H23N3O3. The largest absolute Gasteiger partial charge is 0.507 e. The van der Waals surface area contributed by atoms with Crippen LogP contribution in [0.2, 0.25) is 0 Å². The number of nitrogens with one attached hydrogen (secondary N) is 1. The zero-order chi connectivity index (χ0) is 18.2. The van der Waals surface area contributed by atoms with Crippen LogP contribution < -0.4 is 10.1 Å². The summed E-state index contributed by atoms with van der Waals surface area (Å²) in [5.74, 6) is 0.870. The van der Waals surface area contributed by atoms with Gasteiger partial charge in [-0.15, -0.1) is 0 Å². The Morgan fingerprint density at radius 1 is 1.32 bits per heavy atom. The summed E-state index contributed by atoms with van der Waals surface area (Å²) in [5, 5.41) is 13.1. The Labute approximate surface area is 147 Å². The molecule has 132 valence electrons. The molecule has 2 heterocycles. The van der Waals surface area contributed by atoms with Crippen molar-refractivity contribution in [2.24, 2.45) is 0 Å². The topological polar surface area (TPSA) is 84.3 Å². The van der Waals surface area contributed by atoms with Crippen molar-refractivity contribution < 1.29 is 14.6 Å². The lowest BCUT2D eigenvalue weighted by Crippen LogP contribution is -2.50. The number of carbonyl (C=O) groups excluding carboxylic acids is 1. The number of carbonyl (C=O) groups is 1. The molecule has 0 spiro atoms. The van der Waals surface area contributed by atoms with Gasteiger partial charge in [-0.2, -0.15) is 0 Å². The van der Waals surface area contributed by atoms with E-state index in [9.17, 15) is 9.90 Å². The molecule has 25 heavy (non-hydrogen) atoms. The van der Waals surface area contributed by atoms with Crippen molar-refractivity contribution in [1.82, 2.24) is 15.3 Å². The van der Waals surface area contributed by atoms with Crippen LogP contribution in [0.1, 0.15) is 41.3 Å². The van der Waals surface area contributed by atoms with Crippen LogP contribution in [0, 0.1) is 20.8 Å². The van der Waals surface area contributed by atoms with Crippen molar-refractivity contribution in [2.45, 2.75) is 52.7 Å². The summed E-state index contributed by atoms with van der Waals surface area (Å²) >= 11 is 0. The molecule has 1 aromatic heterocycles. The Kier molecular flexibility index (Phi) is 4.37. The van der Waals surface area contributed by atoms with Crippen molar-refractivity contribution in [1.29, 1.82) is 0 Å². The van der Waals surface area contributed by atoms with Gasteiger partial charge in [0.1, 0.15) is 17.8 Å². The minimum Gasteiger partial charge on any atom is -0.507 e. The maximum absolute atomic E-state index is 12.7. The first-order chi connectivity index (χ1) is 11.8. The maximum Gasteiger partial charge on any atom is 0.264 e. The molecule has 0 aliphatic carbocycles. The predicted molar refractivity (Wildman–Crippen MR) is 93.6 cm³/mol. The zero-order valence-corrected chi connectivity index (χ0v) is 15.0. The fourth-order valence-electron chi connectivity index (χ4n) is 3.19. The van der Waals surface area contributed by atoms with E-state index in [1.807, 2.05) is 27.7 Å². The van der Waals surface area contributed by atoms with Crippen LogP contribution in [0.15, 0.2) is 18.6 Å². The summed E-state index contributed by atoms with van der Waals surface area (Å²) in [7, 11) is 0. The summed E-state index contributed by atoms with van der Waals surface area (Å²) in [4.78, 5) is 20.7. The number of hydrogen-bond donors (Lipinski definition) is 2. The number of aromatic nitrogens is 2. The number of rotatable bonds is 3. The Balaban J connectivity index is 1.82. The van der Waals surface area contributed by atoms with E-state index >= 15 is 0 Å². The number of hydrogen-bond acceptors (Lipinski definition) is 5. The number of nitrogens with zero attached hydrogens (tertiary/aromatic N) is 2. The van der Waals surface area contributed by atoms with Crippen molar-refractivity contribution in [3.8, 4) is 11.5 Å². The van der Waals surface area contributed by atoms with Crippen LogP contribution in [0.25, 0.3) is 0 Å². The monoisotopic (exact) mass is 341 g/mol. The molecule has 1 aliphatic heterocycles. The highest BCUT2D eigenvalue weighted by Crippen LogP contribution is 2.43. The van der Waals surface area contributed by atoms with Crippen LogP contribution in [0.3, 0.4) is 0 Å². The molecule has 0 unspecified atom stereocenters. The molecule has 0 bridgehead atoms. The quantitative estimate of drug-likeness (QED) is 0.896. The highest BCUT2D eigenvalue weighted by Gasteiger charge is 2.40. The molecule has 6 heteroatoms. The first-order valence-corrected chi connectivity index (χ1v) is 8.37. The van der Waals surface area contributed by atoms with Crippen LogP contribution in [0.5, 0.6) is 11.5 Å². The lowest BCUT2D eigenvalue weighted by atomic mass is 9.86. The molecule has 1 aromatic carbocycles. The standard InChI is InChI=1S/C19H23N3O3/c1-11-12(2)17-15(13(3)16(11)23)5-7-19(4,25-17)18(24)21-9-14-6-8-20-10-22-14/h6,8,10,23H,5,7,9H2,1-4H3,(H,21,24)/t19-/m1/s1. The number of aromatic hydroxyl groups is 1. The average Bonchev–Trinajstić information content (AvgIpc) is 2.63. The van der Waals surface area contributed by atoms with E-state index < -0.39 is 5.60 Å². The first kappa shape index (κ1) is 17.2. The number of phenolic OH excluding ortho intramolecular Hbond substituents is 1. The Morgan fingerprint density at radius 3 is 2.76 bits per heavy atom. The zero-order valence-electron chi connectivity index (χ0n) is 15.0. The number of phenols is 1. The van der Waals surface area contributed by atoms with E-state index in [1.54, 1.807) is 12.3 Å². The third kappa shape index (κ3) is 3.04. The van der Waals surface area contributed by atoms with Crippen molar-refractivity contribution in [3.05, 3.63) is 46.5 Å². The second kappa shape index (κ2) is 6.35. The van der Waals surface area contributed by atoms with Gasteiger partial charge >= 0.3 is 0 Å². The Bertz CT molecular complexity index is 821. The van der Waals surface area contributed by atoms with Gasteiger partial charge in [0.2, 0.25) is 0 Å². The van der Waals surface area contributed by atoms with Gasteiger partial charge in [-0.1, -0.05) is 0 Å². The van der Waals surface area contributed by atoms with Crippen molar-refractivity contribution in [3.63, 3.8) is 0 Å². The van der Waals surface area contributed by atoms with Gasteiger partial charge in [0.15, 0.2) is 5.60 Å².